The van der Waals surface area contributed by atoms with Gasteiger partial charge in [-0.3, -0.25) is 4.79 Å². The van der Waals surface area contributed by atoms with Gasteiger partial charge in [-0.15, -0.1) is 0 Å². The molecule has 8 nitrogen and oxygen atoms in total. The summed E-state index contributed by atoms with van der Waals surface area (Å²) in [5, 5.41) is 0. The lowest BCUT2D eigenvalue weighted by Crippen LogP contribution is -2.34. The van der Waals surface area contributed by atoms with Gasteiger partial charge in [-0.2, -0.15) is 0 Å². The molecule has 0 saturated heterocycles. The molecule has 4 unspecified atom stereocenters. The van der Waals surface area contributed by atoms with Gasteiger partial charge in [0.15, 0.2) is 11.9 Å². The maximum Gasteiger partial charge on any atom is 0.378 e. The number of carbonyl (C=O) groups excluding carboxylic acids is 2. The van der Waals surface area contributed by atoms with Crippen LogP contribution in [0, 0.1) is 0 Å². The highest BCUT2D eigenvalue weighted by Gasteiger charge is 2.42. The molecule has 0 spiro atoms. The minimum absolute atomic E-state index is 0.0658. The van der Waals surface area contributed by atoms with E-state index in [0.717, 1.165) is 18.1 Å². The predicted octanol–water partition coefficient (Wildman–Crippen LogP) is 2.17. The first-order chi connectivity index (χ1) is 12.9. The molecule has 0 saturated carbocycles. The van der Waals surface area contributed by atoms with Crippen LogP contribution >= 0.6 is 28.4 Å². The van der Waals surface area contributed by atoms with Crippen LogP contribution in [0.3, 0.4) is 0 Å². The predicted molar refractivity (Wildman–Crippen MR) is 113 cm³/mol. The lowest BCUT2D eigenvalue weighted by molar-refractivity contribution is -0.152. The zero-order valence-corrected chi connectivity index (χ0v) is 21.2. The van der Waals surface area contributed by atoms with Crippen molar-refractivity contribution in [2.24, 2.45) is 0 Å². The molecule has 1 aliphatic heterocycles. The van der Waals surface area contributed by atoms with Crippen LogP contribution in [0.5, 0.6) is 0 Å². The normalized spacial score (nSPS) is 18.1. The van der Waals surface area contributed by atoms with Gasteiger partial charge in [0.1, 0.15) is 12.7 Å². The van der Waals surface area contributed by atoms with E-state index in [9.17, 15) is 9.59 Å². The molecule has 0 aromatic rings. The molecule has 1 heterocycles. The first-order valence-corrected chi connectivity index (χ1v) is 14.2. The van der Waals surface area contributed by atoms with Crippen molar-refractivity contribution < 1.29 is 37.1 Å². The van der Waals surface area contributed by atoms with Crippen LogP contribution in [0.1, 0.15) is 12.8 Å². The molecule has 0 aromatic carbocycles. The smallest absolute Gasteiger partial charge is 0.378 e. The largest absolute Gasteiger partial charge is 0.476 e. The van der Waals surface area contributed by atoms with Crippen LogP contribution in [-0.2, 0) is 37.1 Å². The summed E-state index contributed by atoms with van der Waals surface area (Å²) in [4.78, 5) is 23.8. The first kappa shape index (κ1) is 25.0. The van der Waals surface area contributed by atoms with E-state index in [1.165, 1.54) is 0 Å². The molecular weight excluding hydrogens is 445 g/mol. The summed E-state index contributed by atoms with van der Waals surface area (Å²) in [5.74, 6) is -0.882. The van der Waals surface area contributed by atoms with E-state index in [-0.39, 0.29) is 24.1 Å². The van der Waals surface area contributed by atoms with Gasteiger partial charge in [0.05, 0.1) is 18.9 Å². The lowest BCUT2D eigenvalue weighted by Gasteiger charge is -2.22. The average Bonchev–Trinajstić information content (AvgIpc) is 2.97. The first-order valence-electron chi connectivity index (χ1n) is 8.25. The summed E-state index contributed by atoms with van der Waals surface area (Å²) in [6, 6.07) is 1.04. The van der Waals surface area contributed by atoms with Crippen molar-refractivity contribution in [1.82, 2.24) is 0 Å². The second-order valence-electron chi connectivity index (χ2n) is 6.01. The number of cyclic esters (lactones) is 1. The van der Waals surface area contributed by atoms with Crippen LogP contribution in [0.4, 0.5) is 0 Å². The fourth-order valence-electron chi connectivity index (χ4n) is 2.49. The Labute approximate surface area is 170 Å². The quantitative estimate of drug-likeness (QED) is 0.229. The van der Waals surface area contributed by atoms with E-state index in [1.54, 1.807) is 7.11 Å². The van der Waals surface area contributed by atoms with E-state index >= 15 is 0 Å². The van der Waals surface area contributed by atoms with Crippen LogP contribution in [0.15, 0.2) is 11.5 Å². The molecule has 13 heteroatoms. The lowest BCUT2D eigenvalue weighted by atomic mass is 10.2. The summed E-state index contributed by atoms with van der Waals surface area (Å²) >= 11 is 0. The SMILES string of the molecule is CO[Si](C)C[Si](C)CCCC(=O)OCC(OP)[C@H]1OC(=O)C(OP)=C1OP. The molecule has 1 aliphatic rings. The summed E-state index contributed by atoms with van der Waals surface area (Å²) in [7, 11) is 6.65. The van der Waals surface area contributed by atoms with Crippen molar-refractivity contribution in [3.63, 3.8) is 0 Å². The number of rotatable bonds is 13. The molecule has 154 valence electrons. The molecule has 0 bridgehead atoms. The Morgan fingerprint density at radius 1 is 1.26 bits per heavy atom. The fraction of sp³-hybridized carbons (Fsp3) is 0.714. The van der Waals surface area contributed by atoms with Crippen LogP contribution in [0.25, 0.3) is 0 Å². The summed E-state index contributed by atoms with van der Waals surface area (Å²) in [5.41, 5.74) is 1.15. The van der Waals surface area contributed by atoms with Gasteiger partial charge in [0.2, 0.25) is 14.8 Å². The van der Waals surface area contributed by atoms with Crippen molar-refractivity contribution in [3.05, 3.63) is 11.5 Å². The van der Waals surface area contributed by atoms with Gasteiger partial charge in [-0.1, -0.05) is 12.6 Å². The number of ether oxygens (including phenoxy) is 2. The van der Waals surface area contributed by atoms with Gasteiger partial charge in [-0.25, -0.2) is 4.79 Å². The third-order valence-electron chi connectivity index (χ3n) is 3.95. The Morgan fingerprint density at radius 3 is 2.52 bits per heavy atom. The molecule has 0 amide bonds. The molecule has 1 rings (SSSR count). The van der Waals surface area contributed by atoms with Crippen LogP contribution < -0.4 is 0 Å². The molecule has 27 heavy (non-hydrogen) atoms. The highest BCUT2D eigenvalue weighted by molar-refractivity contribution is 7.10. The fourth-order valence-corrected chi connectivity index (χ4v) is 8.63. The summed E-state index contributed by atoms with van der Waals surface area (Å²) in [6.45, 7) is 4.34. The highest BCUT2D eigenvalue weighted by Crippen LogP contribution is 2.31. The van der Waals surface area contributed by atoms with Crippen LogP contribution in [-0.4, -0.2) is 55.7 Å². The van der Waals surface area contributed by atoms with Crippen LogP contribution in [0.2, 0.25) is 24.8 Å². The third-order valence-corrected chi connectivity index (χ3v) is 11.1. The summed E-state index contributed by atoms with van der Waals surface area (Å²) in [6.07, 6.45) is -0.454. The van der Waals surface area contributed by atoms with E-state index in [2.05, 4.69) is 22.6 Å². The van der Waals surface area contributed by atoms with Crippen molar-refractivity contribution in [2.45, 2.75) is 49.9 Å². The molecule has 0 fully saturated rings. The van der Waals surface area contributed by atoms with Gasteiger partial charge in [0.25, 0.3) is 0 Å². The zero-order valence-electron chi connectivity index (χ0n) is 15.7. The number of carbonyl (C=O) groups is 2. The molecule has 2 radical (unpaired) electrons. The summed E-state index contributed by atoms with van der Waals surface area (Å²) < 4.78 is 31.1. The maximum absolute atomic E-state index is 12.0. The van der Waals surface area contributed by atoms with Gasteiger partial charge in [-0.05, 0) is 18.6 Å². The number of hydrogen-bond acceptors (Lipinski definition) is 8. The highest BCUT2D eigenvalue weighted by atomic mass is 31.0. The molecule has 0 aliphatic carbocycles. The van der Waals surface area contributed by atoms with E-state index in [4.69, 9.17) is 27.5 Å². The zero-order chi connectivity index (χ0) is 20.4. The Bertz CT molecular complexity index is 536. The molecule has 0 N–H and O–H groups in total. The number of esters is 2. The number of hydrogen-bond donors (Lipinski definition) is 0. The average molecular weight is 472 g/mol. The van der Waals surface area contributed by atoms with Crippen molar-refractivity contribution in [2.75, 3.05) is 13.7 Å². The second kappa shape index (κ2) is 13.2. The minimum atomic E-state index is -0.861. The topological polar surface area (TPSA) is 89.5 Å². The van der Waals surface area contributed by atoms with Crippen molar-refractivity contribution >= 4 is 58.2 Å². The van der Waals surface area contributed by atoms with Crippen molar-refractivity contribution in [1.29, 1.82) is 0 Å². The van der Waals surface area contributed by atoms with E-state index in [0.29, 0.717) is 6.42 Å². The van der Waals surface area contributed by atoms with Crippen molar-refractivity contribution in [3.8, 4) is 0 Å². The Morgan fingerprint density at radius 2 is 1.96 bits per heavy atom. The molecule has 5 atom stereocenters. The van der Waals surface area contributed by atoms with E-state index < -0.39 is 36.0 Å². The second-order valence-corrected chi connectivity index (χ2v) is 12.4. The van der Waals surface area contributed by atoms with Gasteiger partial charge in [0, 0.05) is 31.8 Å². The molecular formula is C14H27O8P3Si2. The third kappa shape index (κ3) is 8.05. The maximum atomic E-state index is 12.0. The van der Waals surface area contributed by atoms with Gasteiger partial charge < -0.3 is 27.5 Å². The standard InChI is InChI=1S/C14H27O8P3Si2/c1-17-27(3)8-26(2)6-4-5-10(15)18-7-9(20-23)11-12(21-24)13(22-25)14(16)19-11/h9,11H,4-8,23-25H2,1-3H3/t9?,11-/m1/s1. The Hall–Kier alpha value is -0.0762. The van der Waals surface area contributed by atoms with Gasteiger partial charge >= 0.3 is 11.9 Å². The Kier molecular flexibility index (Phi) is 12.2. The monoisotopic (exact) mass is 472 g/mol. The van der Waals surface area contributed by atoms with E-state index in [1.807, 2.05) is 18.9 Å². The Balaban J connectivity index is 2.43. The minimum Gasteiger partial charge on any atom is -0.476 e. The molecule has 0 aromatic heterocycles.